The van der Waals surface area contributed by atoms with Gasteiger partial charge in [0.05, 0.1) is 0 Å². The number of carbonyl (C=O) groups excluding carboxylic acids is 3. The van der Waals surface area contributed by atoms with Crippen LogP contribution in [-0.4, -0.2) is 61.7 Å². The topological polar surface area (TPSA) is 122 Å². The van der Waals surface area contributed by atoms with Gasteiger partial charge in [0.25, 0.3) is 11.8 Å². The number of ether oxygens (including phenoxy) is 1. The molecule has 0 aliphatic carbocycles. The highest BCUT2D eigenvalue weighted by atomic mass is 32.2. The van der Waals surface area contributed by atoms with Gasteiger partial charge in [0.1, 0.15) is 9.77 Å². The Morgan fingerprint density at radius 3 is 2.43 bits per heavy atom. The minimum Gasteiger partial charge on any atom is -0.451 e. The molecule has 0 unspecified atom stereocenters. The Labute approximate surface area is 181 Å². The van der Waals surface area contributed by atoms with Gasteiger partial charge in [-0.05, 0) is 23.6 Å². The number of thioether (sulfide) groups is 1. The number of thiophene rings is 1. The minimum absolute atomic E-state index is 0.0886. The van der Waals surface area contributed by atoms with Crippen LogP contribution in [0.15, 0.2) is 46.7 Å². The van der Waals surface area contributed by atoms with Crippen molar-refractivity contribution >= 4 is 50.9 Å². The molecule has 2 amide bonds. The summed E-state index contributed by atoms with van der Waals surface area (Å²) >= 11 is 2.60. The molecule has 1 saturated heterocycles. The molecule has 2 aromatic rings. The van der Waals surface area contributed by atoms with Gasteiger partial charge >= 0.3 is 5.97 Å². The summed E-state index contributed by atoms with van der Waals surface area (Å²) in [4.78, 5) is 35.9. The van der Waals surface area contributed by atoms with E-state index in [9.17, 15) is 22.8 Å². The van der Waals surface area contributed by atoms with Crippen molar-refractivity contribution in [2.45, 2.75) is 4.90 Å². The highest BCUT2D eigenvalue weighted by Crippen LogP contribution is 2.27. The molecule has 0 bridgehead atoms. The molecular formula is C18H19N3O6S3. The first-order chi connectivity index (χ1) is 14.4. The van der Waals surface area contributed by atoms with E-state index in [1.54, 1.807) is 42.1 Å². The van der Waals surface area contributed by atoms with Gasteiger partial charge < -0.3 is 4.74 Å². The van der Waals surface area contributed by atoms with Crippen molar-refractivity contribution < 1.29 is 27.5 Å². The number of amides is 2. The van der Waals surface area contributed by atoms with Gasteiger partial charge in [-0.25, -0.2) is 13.2 Å². The number of benzene rings is 1. The van der Waals surface area contributed by atoms with Crippen molar-refractivity contribution in [3.05, 3.63) is 52.2 Å². The number of nitrogens with one attached hydrogen (secondary N) is 2. The largest absolute Gasteiger partial charge is 0.451 e. The number of carbonyl (C=O) groups is 3. The van der Waals surface area contributed by atoms with Crippen LogP contribution >= 0.6 is 23.1 Å². The van der Waals surface area contributed by atoms with Crippen LogP contribution in [0.5, 0.6) is 0 Å². The number of sulfonamides is 1. The van der Waals surface area contributed by atoms with E-state index in [0.717, 1.165) is 11.3 Å². The standard InChI is InChI=1S/C18H19N3O6S3/c22-15(19-20-17(23)13-4-2-1-3-5-13)12-27-18(24)16-14(6-9-29-16)30(25,26)21-7-10-28-11-8-21/h1-6,9H,7-8,10-12H2,(H,19,22)(H,20,23). The molecule has 2 N–H and O–H groups in total. The molecule has 0 radical (unpaired) electrons. The lowest BCUT2D eigenvalue weighted by molar-refractivity contribution is -0.125. The van der Waals surface area contributed by atoms with E-state index in [1.165, 1.54) is 15.8 Å². The molecule has 9 nitrogen and oxygen atoms in total. The average molecular weight is 470 g/mol. The second-order valence-corrected chi connectivity index (χ2v) is 10.1. The Balaban J connectivity index is 1.55. The lowest BCUT2D eigenvalue weighted by Gasteiger charge is -2.25. The fraction of sp³-hybridized carbons (Fsp3) is 0.278. The van der Waals surface area contributed by atoms with Gasteiger partial charge in [-0.3, -0.25) is 20.4 Å². The molecule has 1 aliphatic rings. The van der Waals surface area contributed by atoms with Gasteiger partial charge in [0.15, 0.2) is 6.61 Å². The zero-order valence-electron chi connectivity index (χ0n) is 15.7. The Kier molecular flexibility index (Phi) is 7.48. The predicted molar refractivity (Wildman–Crippen MR) is 113 cm³/mol. The smallest absolute Gasteiger partial charge is 0.350 e. The number of rotatable bonds is 6. The van der Waals surface area contributed by atoms with Crippen LogP contribution in [0, 0.1) is 0 Å². The Morgan fingerprint density at radius 1 is 1.03 bits per heavy atom. The molecule has 0 atom stereocenters. The third-order valence-electron chi connectivity index (χ3n) is 4.09. The summed E-state index contributed by atoms with van der Waals surface area (Å²) in [6.07, 6.45) is 0. The van der Waals surface area contributed by atoms with Crippen LogP contribution < -0.4 is 10.9 Å². The summed E-state index contributed by atoms with van der Waals surface area (Å²) in [5.41, 5.74) is 4.69. The summed E-state index contributed by atoms with van der Waals surface area (Å²) < 4.78 is 31.9. The molecule has 30 heavy (non-hydrogen) atoms. The molecule has 12 heteroatoms. The second kappa shape index (κ2) is 10.1. The van der Waals surface area contributed by atoms with Crippen LogP contribution in [0.3, 0.4) is 0 Å². The van der Waals surface area contributed by atoms with Gasteiger partial charge in [-0.1, -0.05) is 18.2 Å². The van der Waals surface area contributed by atoms with Crippen molar-refractivity contribution in [1.82, 2.24) is 15.2 Å². The van der Waals surface area contributed by atoms with Gasteiger partial charge in [0.2, 0.25) is 10.0 Å². The quantitative estimate of drug-likeness (QED) is 0.480. The van der Waals surface area contributed by atoms with E-state index in [1.807, 2.05) is 0 Å². The van der Waals surface area contributed by atoms with Crippen molar-refractivity contribution in [2.24, 2.45) is 0 Å². The second-order valence-electron chi connectivity index (χ2n) is 6.07. The fourth-order valence-corrected chi connectivity index (χ4v) is 6.46. The molecular weight excluding hydrogens is 450 g/mol. The Hall–Kier alpha value is -2.41. The first-order valence-electron chi connectivity index (χ1n) is 8.86. The third-order valence-corrected chi connectivity index (χ3v) is 8.00. The van der Waals surface area contributed by atoms with E-state index >= 15 is 0 Å². The third kappa shape index (κ3) is 5.39. The number of hydrogen-bond donors (Lipinski definition) is 2. The van der Waals surface area contributed by atoms with Crippen LogP contribution in [0.4, 0.5) is 0 Å². The van der Waals surface area contributed by atoms with Gasteiger partial charge in [-0.15, -0.1) is 11.3 Å². The van der Waals surface area contributed by atoms with Crippen molar-refractivity contribution in [2.75, 3.05) is 31.2 Å². The summed E-state index contributed by atoms with van der Waals surface area (Å²) in [6.45, 7) is 0.0767. The van der Waals surface area contributed by atoms with Crippen molar-refractivity contribution in [3.63, 3.8) is 0 Å². The molecule has 3 rings (SSSR count). The molecule has 1 aromatic carbocycles. The molecule has 1 aromatic heterocycles. The van der Waals surface area contributed by atoms with E-state index in [0.29, 0.717) is 30.2 Å². The summed E-state index contributed by atoms with van der Waals surface area (Å²) in [6, 6.07) is 9.60. The van der Waals surface area contributed by atoms with Crippen LogP contribution in [0.25, 0.3) is 0 Å². The first kappa shape index (κ1) is 22.3. The number of nitrogens with zero attached hydrogens (tertiary/aromatic N) is 1. The van der Waals surface area contributed by atoms with Gasteiger partial charge in [0, 0.05) is 30.2 Å². The number of esters is 1. The van der Waals surface area contributed by atoms with Crippen LogP contribution in [0.1, 0.15) is 20.0 Å². The zero-order valence-corrected chi connectivity index (χ0v) is 18.1. The summed E-state index contributed by atoms with van der Waals surface area (Å²) in [5.74, 6) is -0.821. The summed E-state index contributed by atoms with van der Waals surface area (Å²) in [7, 11) is -3.81. The van der Waals surface area contributed by atoms with E-state index in [4.69, 9.17) is 4.74 Å². The van der Waals surface area contributed by atoms with Crippen molar-refractivity contribution in [1.29, 1.82) is 0 Å². The molecule has 2 heterocycles. The number of hydrogen-bond acceptors (Lipinski definition) is 8. The molecule has 0 spiro atoms. The van der Waals surface area contributed by atoms with E-state index < -0.39 is 34.4 Å². The fourth-order valence-electron chi connectivity index (χ4n) is 2.60. The maximum atomic E-state index is 12.8. The predicted octanol–water partition coefficient (Wildman–Crippen LogP) is 1.10. The number of hydrazine groups is 1. The summed E-state index contributed by atoms with van der Waals surface area (Å²) in [5, 5.41) is 1.49. The monoisotopic (exact) mass is 469 g/mol. The van der Waals surface area contributed by atoms with Crippen LogP contribution in [-0.2, 0) is 19.6 Å². The van der Waals surface area contributed by atoms with Crippen LogP contribution in [0.2, 0.25) is 0 Å². The maximum absolute atomic E-state index is 12.8. The first-order valence-corrected chi connectivity index (χ1v) is 12.3. The normalized spacial score (nSPS) is 14.7. The molecule has 1 fully saturated rings. The average Bonchev–Trinajstić information content (AvgIpc) is 3.28. The molecule has 1 aliphatic heterocycles. The SMILES string of the molecule is O=C(COC(=O)c1sccc1S(=O)(=O)N1CCSCC1)NNC(=O)c1ccccc1. The molecule has 160 valence electrons. The van der Waals surface area contributed by atoms with Crippen molar-refractivity contribution in [3.8, 4) is 0 Å². The Bertz CT molecular complexity index is 1020. The Morgan fingerprint density at radius 2 is 1.73 bits per heavy atom. The highest BCUT2D eigenvalue weighted by molar-refractivity contribution is 7.99. The highest BCUT2D eigenvalue weighted by Gasteiger charge is 2.31. The molecule has 0 saturated carbocycles. The lowest BCUT2D eigenvalue weighted by Crippen LogP contribution is -2.43. The van der Waals surface area contributed by atoms with Gasteiger partial charge in [-0.2, -0.15) is 16.1 Å². The zero-order chi connectivity index (χ0) is 21.6. The maximum Gasteiger partial charge on any atom is 0.350 e. The minimum atomic E-state index is -3.81. The van der Waals surface area contributed by atoms with E-state index in [2.05, 4.69) is 10.9 Å². The lowest BCUT2D eigenvalue weighted by atomic mass is 10.2. The van der Waals surface area contributed by atoms with E-state index in [-0.39, 0.29) is 9.77 Å².